The van der Waals surface area contributed by atoms with Gasteiger partial charge in [-0.05, 0) is 31.5 Å². The van der Waals surface area contributed by atoms with Crippen LogP contribution in [0.1, 0.15) is 17.0 Å². The lowest BCUT2D eigenvalue weighted by atomic mass is 10.1. The first-order valence-corrected chi connectivity index (χ1v) is 9.89. The lowest BCUT2D eigenvalue weighted by Gasteiger charge is -2.05. The van der Waals surface area contributed by atoms with Gasteiger partial charge in [-0.3, -0.25) is 4.79 Å². The Balaban J connectivity index is 1.83. The minimum absolute atomic E-state index is 0.00214. The van der Waals surface area contributed by atoms with E-state index in [1.165, 1.54) is 7.11 Å². The van der Waals surface area contributed by atoms with Crippen molar-refractivity contribution >= 4 is 22.8 Å². The molecule has 0 radical (unpaired) electrons. The Morgan fingerprint density at radius 3 is 2.42 bits per heavy atom. The first-order valence-electron chi connectivity index (χ1n) is 9.89. The van der Waals surface area contributed by atoms with Gasteiger partial charge in [0.05, 0.1) is 30.5 Å². The third kappa shape index (κ3) is 3.13. The number of esters is 1. The molecule has 0 saturated carbocycles. The highest BCUT2D eigenvalue weighted by Gasteiger charge is 2.23. The second-order valence-corrected chi connectivity index (χ2v) is 7.38. The predicted molar refractivity (Wildman–Crippen MR) is 116 cm³/mol. The van der Waals surface area contributed by atoms with Crippen LogP contribution in [0, 0.1) is 13.8 Å². The quantitative estimate of drug-likeness (QED) is 0.420. The molecule has 31 heavy (non-hydrogen) atoms. The molecule has 0 spiro atoms. The number of carbonyl (C=O) groups excluding carboxylic acids is 1. The highest BCUT2D eigenvalue weighted by Crippen LogP contribution is 2.30. The molecule has 5 rings (SSSR count). The molecule has 8 heteroatoms. The second-order valence-electron chi connectivity index (χ2n) is 7.38. The van der Waals surface area contributed by atoms with Crippen LogP contribution in [0.4, 0.5) is 0 Å². The SMILES string of the molecule is COC(=O)Cc1nn(-c2ccc(C)cc2)c2c1nnc1c(-c3ccccc3)c(C)nn12. The molecule has 0 bridgehead atoms. The summed E-state index contributed by atoms with van der Waals surface area (Å²) < 4.78 is 8.36. The van der Waals surface area contributed by atoms with Crippen molar-refractivity contribution in [2.24, 2.45) is 0 Å². The van der Waals surface area contributed by atoms with E-state index in [9.17, 15) is 4.79 Å². The smallest absolute Gasteiger partial charge is 0.311 e. The Hall–Kier alpha value is -4.07. The van der Waals surface area contributed by atoms with Gasteiger partial charge >= 0.3 is 5.97 Å². The molecule has 0 fully saturated rings. The topological polar surface area (TPSA) is 87.2 Å². The summed E-state index contributed by atoms with van der Waals surface area (Å²) in [4.78, 5) is 12.0. The third-order valence-corrected chi connectivity index (χ3v) is 5.27. The molecular formula is C23H20N6O2. The molecule has 0 atom stereocenters. The number of carbonyl (C=O) groups is 1. The summed E-state index contributed by atoms with van der Waals surface area (Å²) in [7, 11) is 1.36. The molecule has 8 nitrogen and oxygen atoms in total. The fourth-order valence-electron chi connectivity index (χ4n) is 3.73. The molecule has 0 aliphatic heterocycles. The molecule has 5 aromatic rings. The highest BCUT2D eigenvalue weighted by atomic mass is 16.5. The lowest BCUT2D eigenvalue weighted by molar-refractivity contribution is -0.139. The maximum atomic E-state index is 12.0. The molecule has 154 valence electrons. The summed E-state index contributed by atoms with van der Waals surface area (Å²) in [5.74, 6) is -0.390. The second kappa shape index (κ2) is 7.32. The van der Waals surface area contributed by atoms with Gasteiger partial charge in [0.2, 0.25) is 0 Å². The maximum absolute atomic E-state index is 12.0. The summed E-state index contributed by atoms with van der Waals surface area (Å²) in [5.41, 5.74) is 7.04. The molecule has 0 N–H and O–H groups in total. The summed E-state index contributed by atoms with van der Waals surface area (Å²) >= 11 is 0. The van der Waals surface area contributed by atoms with Gasteiger partial charge in [0, 0.05) is 0 Å². The number of benzene rings is 2. The molecule has 0 saturated heterocycles. The van der Waals surface area contributed by atoms with E-state index in [0.717, 1.165) is 28.1 Å². The number of hydrogen-bond acceptors (Lipinski definition) is 6. The average Bonchev–Trinajstić information content (AvgIpc) is 3.32. The van der Waals surface area contributed by atoms with E-state index >= 15 is 0 Å². The number of methoxy groups -OCH3 is 1. The normalized spacial score (nSPS) is 11.3. The van der Waals surface area contributed by atoms with E-state index in [1.54, 1.807) is 9.20 Å². The summed E-state index contributed by atoms with van der Waals surface area (Å²) in [6.45, 7) is 3.98. The zero-order valence-corrected chi connectivity index (χ0v) is 17.4. The fourth-order valence-corrected chi connectivity index (χ4v) is 3.73. The average molecular weight is 412 g/mol. The van der Waals surface area contributed by atoms with Crippen molar-refractivity contribution in [1.29, 1.82) is 0 Å². The molecule has 2 aromatic carbocycles. The number of fused-ring (bicyclic) bond motifs is 3. The largest absolute Gasteiger partial charge is 0.469 e. The standard InChI is InChI=1S/C23H20N6O2/c1-14-9-11-17(12-10-14)28-23-21(18(27-28)13-19(30)31-3)24-25-22-20(15(2)26-29(22)23)16-7-5-4-6-8-16/h4-12H,13H2,1-3H3. The minimum Gasteiger partial charge on any atom is -0.469 e. The number of nitrogens with zero attached hydrogens (tertiary/aromatic N) is 6. The number of hydrogen-bond donors (Lipinski definition) is 0. The van der Waals surface area contributed by atoms with Crippen molar-refractivity contribution in [3.05, 3.63) is 71.5 Å². The van der Waals surface area contributed by atoms with E-state index < -0.39 is 0 Å². The van der Waals surface area contributed by atoms with Crippen LogP contribution in [-0.4, -0.2) is 42.7 Å². The van der Waals surface area contributed by atoms with E-state index in [-0.39, 0.29) is 12.4 Å². The molecule has 0 amide bonds. The molecule has 3 aromatic heterocycles. The first-order chi connectivity index (χ1) is 15.1. The van der Waals surface area contributed by atoms with Crippen LogP contribution in [0.5, 0.6) is 0 Å². The third-order valence-electron chi connectivity index (χ3n) is 5.27. The van der Waals surface area contributed by atoms with Crippen molar-refractivity contribution in [3.8, 4) is 16.8 Å². The van der Waals surface area contributed by atoms with Gasteiger partial charge < -0.3 is 4.74 Å². The van der Waals surface area contributed by atoms with E-state index in [1.807, 2.05) is 68.4 Å². The Kier molecular flexibility index (Phi) is 4.47. The van der Waals surface area contributed by atoms with Gasteiger partial charge in [-0.2, -0.15) is 14.7 Å². The molecule has 3 heterocycles. The Labute approximate surface area is 178 Å². The molecule has 0 aliphatic rings. The number of aryl methyl sites for hydroxylation is 2. The van der Waals surface area contributed by atoms with Gasteiger partial charge in [0.25, 0.3) is 0 Å². The van der Waals surface area contributed by atoms with E-state index in [2.05, 4.69) is 10.2 Å². The summed E-state index contributed by atoms with van der Waals surface area (Å²) in [6, 6.07) is 18.0. The van der Waals surface area contributed by atoms with Crippen LogP contribution in [-0.2, 0) is 16.0 Å². The van der Waals surface area contributed by atoms with Crippen molar-refractivity contribution in [2.45, 2.75) is 20.3 Å². The van der Waals surface area contributed by atoms with Crippen LogP contribution < -0.4 is 0 Å². The maximum Gasteiger partial charge on any atom is 0.311 e. The minimum atomic E-state index is -0.390. The molecular weight excluding hydrogens is 392 g/mol. The van der Waals surface area contributed by atoms with Crippen LogP contribution in [0.2, 0.25) is 0 Å². The summed E-state index contributed by atoms with van der Waals surface area (Å²) in [6.07, 6.45) is -0.00214. The van der Waals surface area contributed by atoms with Crippen LogP contribution >= 0.6 is 0 Å². The Bertz CT molecular complexity index is 1420. The van der Waals surface area contributed by atoms with Crippen molar-refractivity contribution in [3.63, 3.8) is 0 Å². The van der Waals surface area contributed by atoms with Crippen LogP contribution in [0.25, 0.3) is 33.6 Å². The van der Waals surface area contributed by atoms with Gasteiger partial charge in [-0.15, -0.1) is 10.2 Å². The van der Waals surface area contributed by atoms with E-state index in [4.69, 9.17) is 14.9 Å². The number of rotatable bonds is 4. The molecule has 0 aliphatic carbocycles. The monoisotopic (exact) mass is 412 g/mol. The lowest BCUT2D eigenvalue weighted by Crippen LogP contribution is -2.06. The Morgan fingerprint density at radius 1 is 0.968 bits per heavy atom. The van der Waals surface area contributed by atoms with Gasteiger partial charge in [0.1, 0.15) is 5.69 Å². The molecule has 0 unspecified atom stereocenters. The number of ether oxygens (including phenoxy) is 1. The highest BCUT2D eigenvalue weighted by molar-refractivity contribution is 5.86. The summed E-state index contributed by atoms with van der Waals surface area (Å²) in [5, 5.41) is 18.4. The van der Waals surface area contributed by atoms with Gasteiger partial charge in [0.15, 0.2) is 16.8 Å². The van der Waals surface area contributed by atoms with Crippen molar-refractivity contribution in [2.75, 3.05) is 7.11 Å². The Morgan fingerprint density at radius 2 is 1.71 bits per heavy atom. The zero-order valence-electron chi connectivity index (χ0n) is 17.4. The zero-order chi connectivity index (χ0) is 21.5. The van der Waals surface area contributed by atoms with Crippen LogP contribution in [0.3, 0.4) is 0 Å². The van der Waals surface area contributed by atoms with Crippen LogP contribution in [0.15, 0.2) is 54.6 Å². The first kappa shape index (κ1) is 18.9. The van der Waals surface area contributed by atoms with Gasteiger partial charge in [-0.25, -0.2) is 4.68 Å². The van der Waals surface area contributed by atoms with Crippen molar-refractivity contribution in [1.82, 2.24) is 29.6 Å². The van der Waals surface area contributed by atoms with Crippen molar-refractivity contribution < 1.29 is 9.53 Å². The van der Waals surface area contributed by atoms with Gasteiger partial charge in [-0.1, -0.05) is 48.0 Å². The van der Waals surface area contributed by atoms with E-state index in [0.29, 0.717) is 22.5 Å². The predicted octanol–water partition coefficient (Wildman–Crippen LogP) is 3.46. The number of aromatic nitrogens is 6. The fraction of sp³-hybridized carbons (Fsp3) is 0.174.